The first-order valence-electron chi connectivity index (χ1n) is 18.8. The van der Waals surface area contributed by atoms with E-state index in [1.807, 2.05) is 56.4 Å². The highest BCUT2D eigenvalue weighted by molar-refractivity contribution is 6.71. The first-order chi connectivity index (χ1) is 24.9. The van der Waals surface area contributed by atoms with Crippen LogP contribution in [0.2, 0.25) is 18.6 Å². The van der Waals surface area contributed by atoms with Gasteiger partial charge in [-0.15, -0.1) is 0 Å². The Bertz CT molecular complexity index is 1690. The molecule has 1 spiro atoms. The normalized spacial score (nSPS) is 30.0. The predicted octanol–water partition coefficient (Wildman–Crippen LogP) is 2.79. The highest BCUT2D eigenvalue weighted by Gasteiger charge is 2.66. The summed E-state index contributed by atoms with van der Waals surface area (Å²) < 4.78 is 6.93. The summed E-state index contributed by atoms with van der Waals surface area (Å²) in [4.78, 5) is 69.7. The maximum atomic E-state index is 15.0. The van der Waals surface area contributed by atoms with Crippen molar-refractivity contribution in [3.8, 4) is 0 Å². The molecule has 6 N–H and O–H groups in total. The zero-order chi connectivity index (χ0) is 36.8. The van der Waals surface area contributed by atoms with Crippen LogP contribution in [0.5, 0.6) is 0 Å². The van der Waals surface area contributed by atoms with Crippen molar-refractivity contribution in [3.63, 3.8) is 0 Å². The number of benzene rings is 2. The van der Waals surface area contributed by atoms with Crippen LogP contribution in [0.15, 0.2) is 42.5 Å². The van der Waals surface area contributed by atoms with Crippen LogP contribution in [0.1, 0.15) is 63.0 Å². The number of aliphatic hydroxyl groups excluding tert-OH is 1. The second kappa shape index (κ2) is 14.6. The monoisotopic (exact) mass is 732 g/mol. The van der Waals surface area contributed by atoms with Gasteiger partial charge in [0.2, 0.25) is 17.7 Å². The molecule has 0 saturated carbocycles. The zero-order valence-electron chi connectivity index (χ0n) is 30.3. The van der Waals surface area contributed by atoms with Crippen molar-refractivity contribution in [2.24, 2.45) is 5.92 Å². The Hall–Kier alpha value is -3.66. The number of aliphatic hydroxyl groups is 1. The Morgan fingerprint density at radius 2 is 1.58 bits per heavy atom. The van der Waals surface area contributed by atoms with E-state index in [1.165, 1.54) is 0 Å². The molecule has 0 aliphatic carbocycles. The van der Waals surface area contributed by atoms with Gasteiger partial charge >= 0.3 is 0 Å². The summed E-state index contributed by atoms with van der Waals surface area (Å²) in [7, 11) is -3.04. The van der Waals surface area contributed by atoms with Crippen LogP contribution in [0.4, 0.5) is 17.1 Å². The lowest BCUT2D eigenvalue weighted by Gasteiger charge is -2.33. The van der Waals surface area contributed by atoms with Crippen LogP contribution in [0.3, 0.4) is 0 Å². The molecule has 2 aromatic rings. The first-order valence-corrected chi connectivity index (χ1v) is 21.9. The van der Waals surface area contributed by atoms with Gasteiger partial charge in [-0.25, -0.2) is 0 Å². The summed E-state index contributed by atoms with van der Waals surface area (Å²) >= 11 is 0. The molecule has 0 unspecified atom stereocenters. The van der Waals surface area contributed by atoms with E-state index in [4.69, 9.17) is 4.74 Å². The van der Waals surface area contributed by atoms with Gasteiger partial charge < -0.3 is 45.7 Å². The zero-order valence-corrected chi connectivity index (χ0v) is 31.3. The maximum Gasteiger partial charge on any atom is 0.264 e. The molecular formula is C38H52N6O7Si. The quantitative estimate of drug-likeness (QED) is 0.201. The van der Waals surface area contributed by atoms with Crippen LogP contribution in [-0.4, -0.2) is 97.2 Å². The van der Waals surface area contributed by atoms with Gasteiger partial charge in [0.05, 0.1) is 49.5 Å². The maximum absolute atomic E-state index is 15.0. The average molecular weight is 733 g/mol. The highest BCUT2D eigenvalue weighted by atomic mass is 28.4. The second-order valence-corrected chi connectivity index (χ2v) is 19.7. The number of nitrogens with one attached hydrogen (secondary N) is 4. The molecule has 14 heteroatoms. The van der Waals surface area contributed by atoms with Crippen LogP contribution in [-0.2, 0) is 36.1 Å². The van der Waals surface area contributed by atoms with E-state index in [0.717, 1.165) is 57.2 Å². The molecule has 4 amide bonds. The lowest BCUT2D eigenvalue weighted by molar-refractivity contribution is -0.150. The van der Waals surface area contributed by atoms with Gasteiger partial charge in [0.15, 0.2) is 13.9 Å². The van der Waals surface area contributed by atoms with Crippen LogP contribution < -0.4 is 26.2 Å². The fraction of sp³-hybridized carbons (Fsp3) is 0.579. The van der Waals surface area contributed by atoms with Crippen molar-refractivity contribution < 1.29 is 33.8 Å². The number of carbonyl (C=O) groups is 4. The van der Waals surface area contributed by atoms with Gasteiger partial charge in [-0.1, -0.05) is 19.1 Å². The molecule has 0 bridgehead atoms. The van der Waals surface area contributed by atoms with Crippen molar-refractivity contribution in [1.82, 2.24) is 15.5 Å². The number of nitrogens with zero attached hydrogens (tertiary/aromatic N) is 2. The van der Waals surface area contributed by atoms with Gasteiger partial charge in [0.1, 0.15) is 0 Å². The van der Waals surface area contributed by atoms with Crippen LogP contribution in [0.25, 0.3) is 0 Å². The number of fused-ring (bicyclic) bond motifs is 2. The third kappa shape index (κ3) is 6.80. The molecule has 5 aliphatic heterocycles. The summed E-state index contributed by atoms with van der Waals surface area (Å²) in [5.41, 5.74) is 1.33. The molecule has 52 heavy (non-hydrogen) atoms. The van der Waals surface area contributed by atoms with Crippen molar-refractivity contribution in [2.75, 3.05) is 41.8 Å². The van der Waals surface area contributed by atoms with E-state index in [9.17, 15) is 24.3 Å². The largest absolute Gasteiger partial charge is 0.432 e. The third-order valence-corrected chi connectivity index (χ3v) is 14.4. The number of anilines is 3. The van der Waals surface area contributed by atoms with Gasteiger partial charge in [-0.2, -0.15) is 0 Å². The Balaban J connectivity index is 1.20. The number of carbonyl (C=O) groups excluding carboxylic acids is 4. The van der Waals surface area contributed by atoms with E-state index >= 15 is 4.79 Å². The van der Waals surface area contributed by atoms with Crippen molar-refractivity contribution in [1.29, 1.82) is 0 Å². The van der Waals surface area contributed by atoms with Gasteiger partial charge in [0, 0.05) is 34.9 Å². The molecule has 280 valence electrons. The minimum Gasteiger partial charge on any atom is -0.432 e. The van der Waals surface area contributed by atoms with Gasteiger partial charge in [-0.3, -0.25) is 19.2 Å². The van der Waals surface area contributed by atoms with Crippen LogP contribution >= 0.6 is 0 Å². The number of hydrogen-bond donors (Lipinski definition) is 6. The molecule has 0 radical (unpaired) electrons. The smallest absolute Gasteiger partial charge is 0.264 e. The Labute approximate surface area is 306 Å². The third-order valence-electron chi connectivity index (χ3n) is 11.9. The molecule has 4 fully saturated rings. The minimum atomic E-state index is -3.04. The first kappa shape index (κ1) is 36.7. The summed E-state index contributed by atoms with van der Waals surface area (Å²) in [6.07, 6.45) is 4.23. The molecule has 5 aliphatic rings. The average Bonchev–Trinajstić information content (AvgIpc) is 3.96. The highest BCUT2D eigenvalue weighted by Crippen LogP contribution is 2.60. The topological polar surface area (TPSA) is 173 Å². The van der Waals surface area contributed by atoms with Crippen molar-refractivity contribution >= 4 is 49.0 Å². The van der Waals surface area contributed by atoms with E-state index in [-0.39, 0.29) is 61.3 Å². The summed E-state index contributed by atoms with van der Waals surface area (Å²) in [6.45, 7) is 7.86. The standard InChI is InChI=1S/C38H52N6O7Si/c1-23-34(52(2,3)50)32(20-33(46)43-18-6-7-27(43)22-45)51-38(23)28-19-26(42-36(48)30-9-5-17-40-30)14-15-31(28)44(37(38)49)21-24-10-12-25(13-11-24)41-35(47)29-8-4-16-39-29/h10-15,19,23,27,29-30,32,34,39-40,45,50H,4-9,16-18,20-22H2,1-3H3,(H,41,47)(H,42,48)/t23-,27-,29+,30+,32+,34-,38+/m0/s1. The molecule has 7 atom stereocenters. The second-order valence-electron chi connectivity index (χ2n) is 15.7. The fourth-order valence-corrected chi connectivity index (χ4v) is 11.9. The lowest BCUT2D eigenvalue weighted by Crippen LogP contribution is -2.46. The van der Waals surface area contributed by atoms with E-state index in [0.29, 0.717) is 29.2 Å². The van der Waals surface area contributed by atoms with Crippen molar-refractivity contribution in [3.05, 3.63) is 53.6 Å². The molecule has 2 aromatic carbocycles. The molecule has 7 rings (SSSR count). The Morgan fingerprint density at radius 1 is 0.942 bits per heavy atom. The number of rotatable bonds is 10. The summed E-state index contributed by atoms with van der Waals surface area (Å²) in [5.74, 6) is -1.14. The van der Waals surface area contributed by atoms with Crippen LogP contribution in [0, 0.1) is 5.92 Å². The molecule has 5 heterocycles. The lowest BCUT2D eigenvalue weighted by atomic mass is 9.82. The molecule has 4 saturated heterocycles. The van der Waals surface area contributed by atoms with Gasteiger partial charge in [0.25, 0.3) is 5.91 Å². The SMILES string of the molecule is C[C@H]1[C@H]([Si](C)(C)O)[C@@H](CC(=O)N2CCC[C@H]2CO)O[C@]12C(=O)N(Cc1ccc(NC(=O)[C@H]3CCCN3)cc1)c1ccc(NC(=O)[C@H]3CCCN3)cc12. The van der Waals surface area contributed by atoms with E-state index in [1.54, 1.807) is 15.9 Å². The Morgan fingerprint density at radius 3 is 2.17 bits per heavy atom. The number of hydrogen-bond acceptors (Lipinski definition) is 9. The number of amides is 4. The number of ether oxygens (including phenoxy) is 1. The fourth-order valence-electron chi connectivity index (χ4n) is 9.31. The summed E-state index contributed by atoms with van der Waals surface area (Å²) in [5, 5.41) is 22.4. The minimum absolute atomic E-state index is 0.0137. The molecular weight excluding hydrogens is 681 g/mol. The van der Waals surface area contributed by atoms with Crippen molar-refractivity contribution in [2.45, 2.75) is 107 Å². The Kier molecular flexibility index (Phi) is 10.3. The molecule has 13 nitrogen and oxygen atoms in total. The predicted molar refractivity (Wildman–Crippen MR) is 199 cm³/mol. The summed E-state index contributed by atoms with van der Waals surface area (Å²) in [6, 6.07) is 12.2. The number of likely N-dealkylation sites (tertiary alicyclic amines) is 1. The van der Waals surface area contributed by atoms with E-state index in [2.05, 4.69) is 21.3 Å². The molecule has 0 aromatic heterocycles. The van der Waals surface area contributed by atoms with Gasteiger partial charge in [-0.05, 0) is 101 Å². The van der Waals surface area contributed by atoms with E-state index < -0.39 is 31.5 Å².